The molecule has 0 atom stereocenters. The summed E-state index contributed by atoms with van der Waals surface area (Å²) < 4.78 is 3.72. The number of nitriles is 1. The molecule has 0 fully saturated rings. The Morgan fingerprint density at radius 2 is 2.06 bits per heavy atom. The van der Waals surface area contributed by atoms with Crippen LogP contribution < -0.4 is 0 Å². The Labute approximate surface area is 93.7 Å². The van der Waals surface area contributed by atoms with Crippen LogP contribution in [-0.4, -0.2) is 11.3 Å². The number of benzene rings is 1. The van der Waals surface area contributed by atoms with E-state index in [-0.39, 0.29) is 0 Å². The molecule has 4 heteroatoms. The first-order valence-corrected chi connectivity index (χ1v) is 4.32. The van der Waals surface area contributed by atoms with E-state index in [0.29, 0.717) is 0 Å². The van der Waals surface area contributed by atoms with Crippen LogP contribution >= 0.6 is 0 Å². The molecule has 0 heterocycles. The molecule has 16 heavy (non-hydrogen) atoms. The highest BCUT2D eigenvalue weighted by molar-refractivity contribution is 5.57. The van der Waals surface area contributed by atoms with E-state index in [0.717, 1.165) is 11.8 Å². The minimum atomic E-state index is -1.33. The number of carboxylic acid groups (broad SMARTS) is 1. The molecule has 0 saturated carbocycles. The molecule has 0 radical (unpaired) electrons. The van der Waals surface area contributed by atoms with Crippen LogP contribution in [0, 0.1) is 11.3 Å². The Kier molecular flexibility index (Phi) is 7.60. The average Bonchev–Trinajstić information content (AvgIpc) is 2.28. The van der Waals surface area contributed by atoms with E-state index in [4.69, 9.17) is 10.4 Å². The van der Waals surface area contributed by atoms with Crippen LogP contribution in [0.2, 0.25) is 0 Å². The quantitative estimate of drug-likeness (QED) is 0.469. The number of hydrogen-bond donors (Lipinski definition) is 1. The minimum absolute atomic E-state index is 0.850. The zero-order chi connectivity index (χ0) is 12.2. The Balaban J connectivity index is 0.000000325. The van der Waals surface area contributed by atoms with E-state index in [1.807, 2.05) is 36.4 Å². The summed E-state index contributed by atoms with van der Waals surface area (Å²) in [5.74, 6) is 0. The predicted molar refractivity (Wildman–Crippen MR) is 60.4 cm³/mol. The minimum Gasteiger partial charge on any atom is -0.449 e. The molecule has 1 N–H and O–H groups in total. The second-order valence-corrected chi connectivity index (χ2v) is 2.42. The van der Waals surface area contributed by atoms with E-state index in [9.17, 15) is 4.79 Å². The summed E-state index contributed by atoms with van der Waals surface area (Å²) in [5.41, 5.74) is 1.06. The number of nitrogens with zero attached hydrogens (tertiary/aromatic N) is 1. The van der Waals surface area contributed by atoms with Crippen molar-refractivity contribution in [2.45, 2.75) is 0 Å². The lowest BCUT2D eigenvalue weighted by molar-refractivity contribution is 0.128. The molecule has 82 valence electrons. The molecule has 0 aliphatic heterocycles. The van der Waals surface area contributed by atoms with Gasteiger partial charge in [-0.2, -0.15) is 5.26 Å². The molecular formula is C12H11NO3. The Morgan fingerprint density at radius 1 is 1.44 bits per heavy atom. The van der Waals surface area contributed by atoms with Gasteiger partial charge >= 0.3 is 6.16 Å². The summed E-state index contributed by atoms with van der Waals surface area (Å²) in [6.45, 7) is 3.00. The molecule has 0 aliphatic rings. The lowest BCUT2D eigenvalue weighted by atomic mass is 10.2. The standard InChI is InChI=1S/C9H7N.C3H4O3/c10-8-4-7-9-5-2-1-3-6-9;1-2-6-3(4)5/h1-7H;2H,1H2,(H,4,5)/b7-4+;. The van der Waals surface area contributed by atoms with Gasteiger partial charge < -0.3 is 9.84 Å². The molecular weight excluding hydrogens is 206 g/mol. The van der Waals surface area contributed by atoms with E-state index >= 15 is 0 Å². The van der Waals surface area contributed by atoms with Gasteiger partial charge in [0.05, 0.1) is 12.3 Å². The first kappa shape index (κ1) is 13.5. The van der Waals surface area contributed by atoms with Crippen LogP contribution in [-0.2, 0) is 4.74 Å². The van der Waals surface area contributed by atoms with Crippen LogP contribution in [0.5, 0.6) is 0 Å². The van der Waals surface area contributed by atoms with Gasteiger partial charge in [-0.05, 0) is 11.6 Å². The highest BCUT2D eigenvalue weighted by atomic mass is 16.7. The summed E-state index contributed by atoms with van der Waals surface area (Å²) in [4.78, 5) is 9.31. The summed E-state index contributed by atoms with van der Waals surface area (Å²) in [6, 6.07) is 11.7. The molecule has 1 rings (SSSR count). The third kappa shape index (κ3) is 8.08. The molecule has 0 bridgehead atoms. The molecule has 1 aromatic rings. The second-order valence-electron chi connectivity index (χ2n) is 2.42. The summed E-state index contributed by atoms with van der Waals surface area (Å²) in [7, 11) is 0. The smallest absolute Gasteiger partial charge is 0.449 e. The lowest BCUT2D eigenvalue weighted by Gasteiger charge is -1.86. The van der Waals surface area contributed by atoms with Crippen molar-refractivity contribution in [3.05, 3.63) is 54.8 Å². The average molecular weight is 217 g/mol. The van der Waals surface area contributed by atoms with E-state index in [1.54, 1.807) is 6.08 Å². The van der Waals surface area contributed by atoms with Gasteiger partial charge in [0.25, 0.3) is 0 Å². The van der Waals surface area contributed by atoms with E-state index in [2.05, 4.69) is 11.3 Å². The van der Waals surface area contributed by atoms with Gasteiger partial charge in [-0.1, -0.05) is 36.9 Å². The van der Waals surface area contributed by atoms with E-state index < -0.39 is 6.16 Å². The summed E-state index contributed by atoms with van der Waals surface area (Å²) in [6.07, 6.45) is 2.77. The molecule has 4 nitrogen and oxygen atoms in total. The maximum atomic E-state index is 9.31. The fourth-order valence-corrected chi connectivity index (χ4v) is 0.769. The molecule has 0 aromatic heterocycles. The zero-order valence-corrected chi connectivity index (χ0v) is 8.54. The summed E-state index contributed by atoms with van der Waals surface area (Å²) >= 11 is 0. The van der Waals surface area contributed by atoms with Gasteiger partial charge in [-0.15, -0.1) is 0 Å². The maximum Gasteiger partial charge on any atom is 0.510 e. The monoisotopic (exact) mass is 217 g/mol. The number of carbonyl (C=O) groups is 1. The van der Waals surface area contributed by atoms with Crippen molar-refractivity contribution in [1.29, 1.82) is 5.26 Å². The molecule has 0 aliphatic carbocycles. The van der Waals surface area contributed by atoms with Crippen molar-refractivity contribution in [2.75, 3.05) is 0 Å². The van der Waals surface area contributed by atoms with Crippen LogP contribution in [0.3, 0.4) is 0 Å². The van der Waals surface area contributed by atoms with Crippen molar-refractivity contribution in [3.63, 3.8) is 0 Å². The van der Waals surface area contributed by atoms with Crippen LogP contribution in [0.15, 0.2) is 49.2 Å². The molecule has 1 aromatic carbocycles. The second kappa shape index (κ2) is 9.03. The summed E-state index contributed by atoms with van der Waals surface area (Å²) in [5, 5.41) is 15.8. The highest BCUT2D eigenvalue weighted by Crippen LogP contribution is 1.99. The van der Waals surface area contributed by atoms with Crippen molar-refractivity contribution in [1.82, 2.24) is 0 Å². The normalized spacial score (nSPS) is 8.44. The van der Waals surface area contributed by atoms with Crippen LogP contribution in [0.25, 0.3) is 6.08 Å². The fourth-order valence-electron chi connectivity index (χ4n) is 0.769. The van der Waals surface area contributed by atoms with Gasteiger partial charge in [0.2, 0.25) is 0 Å². The zero-order valence-electron chi connectivity index (χ0n) is 8.54. The van der Waals surface area contributed by atoms with Crippen LogP contribution in [0.4, 0.5) is 4.79 Å². The fraction of sp³-hybridized carbons (Fsp3) is 0. The molecule has 0 spiro atoms. The maximum absolute atomic E-state index is 9.31. The highest BCUT2D eigenvalue weighted by Gasteiger charge is 1.84. The van der Waals surface area contributed by atoms with Gasteiger partial charge in [0.15, 0.2) is 0 Å². The third-order valence-corrected chi connectivity index (χ3v) is 1.33. The van der Waals surface area contributed by atoms with Crippen molar-refractivity contribution >= 4 is 12.2 Å². The number of rotatable bonds is 2. The molecule has 0 saturated heterocycles. The van der Waals surface area contributed by atoms with Gasteiger partial charge in [0.1, 0.15) is 0 Å². The third-order valence-electron chi connectivity index (χ3n) is 1.33. The van der Waals surface area contributed by atoms with Crippen molar-refractivity contribution < 1.29 is 14.6 Å². The Hall–Kier alpha value is -2.54. The largest absolute Gasteiger partial charge is 0.510 e. The predicted octanol–water partition coefficient (Wildman–Crippen LogP) is 3.05. The lowest BCUT2D eigenvalue weighted by Crippen LogP contribution is -1.89. The first-order valence-electron chi connectivity index (χ1n) is 4.32. The van der Waals surface area contributed by atoms with Crippen LogP contribution in [0.1, 0.15) is 5.56 Å². The van der Waals surface area contributed by atoms with Crippen molar-refractivity contribution in [3.8, 4) is 6.07 Å². The SMILES string of the molecule is C=COC(=O)O.N#C/C=C/c1ccccc1. The molecule has 0 amide bonds. The van der Waals surface area contributed by atoms with Gasteiger partial charge in [0, 0.05) is 6.08 Å². The number of ether oxygens (including phenoxy) is 1. The number of hydrogen-bond acceptors (Lipinski definition) is 3. The first-order chi connectivity index (χ1) is 7.70. The number of allylic oxidation sites excluding steroid dienone is 1. The van der Waals surface area contributed by atoms with Gasteiger partial charge in [-0.3, -0.25) is 0 Å². The topological polar surface area (TPSA) is 70.3 Å². The Bertz CT molecular complexity index is 390. The van der Waals surface area contributed by atoms with E-state index in [1.165, 1.54) is 6.08 Å². The van der Waals surface area contributed by atoms with Crippen molar-refractivity contribution in [2.24, 2.45) is 0 Å². The molecule has 0 unspecified atom stereocenters. The Morgan fingerprint density at radius 3 is 2.44 bits per heavy atom. The van der Waals surface area contributed by atoms with Gasteiger partial charge in [-0.25, -0.2) is 4.79 Å².